The maximum atomic E-state index is 12.3. The van der Waals surface area contributed by atoms with E-state index in [1.54, 1.807) is 0 Å². The van der Waals surface area contributed by atoms with E-state index in [0.717, 1.165) is 21.6 Å². The second-order valence-electron chi connectivity index (χ2n) is 6.43. The van der Waals surface area contributed by atoms with E-state index in [9.17, 15) is 9.59 Å². The van der Waals surface area contributed by atoms with Crippen molar-refractivity contribution in [2.45, 2.75) is 18.7 Å². The van der Waals surface area contributed by atoms with Crippen molar-refractivity contribution < 1.29 is 9.59 Å². The van der Waals surface area contributed by atoms with Gasteiger partial charge in [-0.3, -0.25) is 9.59 Å². The molecule has 3 nitrogen and oxygen atoms in total. The lowest BCUT2D eigenvalue weighted by Gasteiger charge is -2.08. The molecule has 0 atom stereocenters. The molecular weight excluding hydrogens is 354 g/mol. The molecule has 0 saturated carbocycles. The molecule has 0 bridgehead atoms. The maximum absolute atomic E-state index is 12.3. The van der Waals surface area contributed by atoms with Crippen LogP contribution in [0, 0.1) is 13.8 Å². The molecule has 0 unspecified atom stereocenters. The van der Waals surface area contributed by atoms with Gasteiger partial charge < -0.3 is 5.32 Å². The van der Waals surface area contributed by atoms with E-state index < -0.39 is 0 Å². The van der Waals surface area contributed by atoms with Crippen molar-refractivity contribution in [2.75, 3.05) is 11.1 Å². The highest BCUT2D eigenvalue weighted by atomic mass is 32.2. The zero-order chi connectivity index (χ0) is 19.2. The highest BCUT2D eigenvalue weighted by Gasteiger charge is 2.09. The van der Waals surface area contributed by atoms with E-state index in [1.807, 2.05) is 86.6 Å². The van der Waals surface area contributed by atoms with Crippen LogP contribution in [0.25, 0.3) is 0 Å². The Kier molecular flexibility index (Phi) is 6.09. The van der Waals surface area contributed by atoms with Crippen molar-refractivity contribution in [3.8, 4) is 0 Å². The molecule has 0 heterocycles. The van der Waals surface area contributed by atoms with Crippen molar-refractivity contribution in [2.24, 2.45) is 0 Å². The topological polar surface area (TPSA) is 46.2 Å². The third-order valence-corrected chi connectivity index (χ3v) is 5.14. The number of rotatable bonds is 6. The lowest BCUT2D eigenvalue weighted by Crippen LogP contribution is -2.11. The number of thioether (sulfide) groups is 1. The molecule has 0 fully saturated rings. The molecule has 0 aliphatic heterocycles. The second kappa shape index (κ2) is 8.69. The number of carbonyl (C=O) groups excluding carboxylic acids is 2. The van der Waals surface area contributed by atoms with Crippen LogP contribution in [0.15, 0.2) is 77.7 Å². The Labute approximate surface area is 163 Å². The number of amides is 1. The van der Waals surface area contributed by atoms with Crippen LogP contribution in [0.4, 0.5) is 5.69 Å². The number of hydrogen-bond donors (Lipinski definition) is 1. The van der Waals surface area contributed by atoms with Gasteiger partial charge in [-0.25, -0.2) is 0 Å². The summed E-state index contributed by atoms with van der Waals surface area (Å²) in [7, 11) is 0. The Morgan fingerprint density at radius 3 is 2.04 bits per heavy atom. The average molecular weight is 375 g/mol. The Hall–Kier alpha value is -2.85. The molecule has 0 radical (unpaired) electrons. The number of Topliss-reactive ketones (excluding diaryl/α,β-unsaturated/α-hetero) is 1. The van der Waals surface area contributed by atoms with Crippen molar-refractivity contribution >= 4 is 29.1 Å². The van der Waals surface area contributed by atoms with E-state index in [1.165, 1.54) is 11.8 Å². The molecule has 0 aliphatic carbocycles. The molecule has 3 rings (SSSR count). The first-order valence-corrected chi connectivity index (χ1v) is 9.70. The van der Waals surface area contributed by atoms with Gasteiger partial charge in [-0.1, -0.05) is 53.6 Å². The van der Waals surface area contributed by atoms with E-state index in [4.69, 9.17) is 0 Å². The lowest BCUT2D eigenvalue weighted by atomic mass is 10.1. The van der Waals surface area contributed by atoms with Crippen LogP contribution in [0.2, 0.25) is 0 Å². The van der Waals surface area contributed by atoms with Crippen LogP contribution in [-0.4, -0.2) is 17.4 Å². The molecule has 3 aromatic carbocycles. The second-order valence-corrected chi connectivity index (χ2v) is 7.47. The largest absolute Gasteiger partial charge is 0.322 e. The summed E-state index contributed by atoms with van der Waals surface area (Å²) in [5, 5.41) is 2.91. The Bertz CT molecular complexity index is 947. The highest BCUT2D eigenvalue weighted by Crippen LogP contribution is 2.23. The Morgan fingerprint density at radius 1 is 0.815 bits per heavy atom. The molecule has 1 amide bonds. The third-order valence-electron chi connectivity index (χ3n) is 4.15. The highest BCUT2D eigenvalue weighted by molar-refractivity contribution is 8.00. The van der Waals surface area contributed by atoms with Crippen molar-refractivity contribution in [1.82, 2.24) is 0 Å². The third kappa shape index (κ3) is 5.31. The first-order valence-electron chi connectivity index (χ1n) is 8.72. The van der Waals surface area contributed by atoms with E-state index >= 15 is 0 Å². The molecule has 0 aliphatic rings. The summed E-state index contributed by atoms with van der Waals surface area (Å²) in [6.07, 6.45) is 0. The van der Waals surface area contributed by atoms with Gasteiger partial charge in [-0.15, -0.1) is 11.8 Å². The first kappa shape index (κ1) is 18.9. The molecule has 0 saturated heterocycles. The number of benzene rings is 3. The quantitative estimate of drug-likeness (QED) is 0.455. The molecule has 3 aromatic rings. The van der Waals surface area contributed by atoms with E-state index in [0.29, 0.717) is 17.0 Å². The lowest BCUT2D eigenvalue weighted by molar-refractivity contribution is 0.101. The smallest absolute Gasteiger partial charge is 0.255 e. The fraction of sp³-hybridized carbons (Fsp3) is 0.130. The predicted octanol–water partition coefficient (Wildman–Crippen LogP) is 5.53. The summed E-state index contributed by atoms with van der Waals surface area (Å²) in [6.45, 7) is 3.99. The van der Waals surface area contributed by atoms with Gasteiger partial charge in [-0.2, -0.15) is 0 Å². The minimum absolute atomic E-state index is 0.0918. The summed E-state index contributed by atoms with van der Waals surface area (Å²) in [4.78, 5) is 25.6. The molecule has 1 N–H and O–H groups in total. The van der Waals surface area contributed by atoms with Gasteiger partial charge in [0.05, 0.1) is 5.75 Å². The van der Waals surface area contributed by atoms with Crippen molar-refractivity contribution in [3.05, 3.63) is 95.1 Å². The summed E-state index contributed by atoms with van der Waals surface area (Å²) in [5.74, 6) is 0.306. The minimum atomic E-state index is -0.145. The van der Waals surface area contributed by atoms with Gasteiger partial charge in [0.15, 0.2) is 5.78 Å². The standard InChI is InChI=1S/C23H21NO2S/c1-16-6-10-18(11-7-16)22(25)15-27-21-5-3-4-20(14-21)24-23(26)19-12-8-17(2)9-13-19/h3-14H,15H2,1-2H3,(H,24,26). The van der Waals surface area contributed by atoms with Crippen LogP contribution in [-0.2, 0) is 0 Å². The summed E-state index contributed by atoms with van der Waals surface area (Å²) < 4.78 is 0. The summed E-state index contributed by atoms with van der Waals surface area (Å²) in [6, 6.07) is 22.6. The summed E-state index contributed by atoms with van der Waals surface area (Å²) >= 11 is 1.47. The van der Waals surface area contributed by atoms with Crippen LogP contribution in [0.3, 0.4) is 0 Å². The van der Waals surface area contributed by atoms with Crippen LogP contribution < -0.4 is 5.32 Å². The van der Waals surface area contributed by atoms with E-state index in [2.05, 4.69) is 5.32 Å². The summed E-state index contributed by atoms with van der Waals surface area (Å²) in [5.41, 5.74) is 4.30. The van der Waals surface area contributed by atoms with Gasteiger partial charge in [0.1, 0.15) is 0 Å². The monoisotopic (exact) mass is 375 g/mol. The van der Waals surface area contributed by atoms with Gasteiger partial charge in [0.2, 0.25) is 0 Å². The maximum Gasteiger partial charge on any atom is 0.255 e. The number of hydrogen-bond acceptors (Lipinski definition) is 3. The number of aryl methyl sites for hydroxylation is 2. The number of ketones is 1. The SMILES string of the molecule is Cc1ccc(C(=O)CSc2cccc(NC(=O)c3ccc(C)cc3)c2)cc1. The molecule has 27 heavy (non-hydrogen) atoms. The van der Waals surface area contributed by atoms with E-state index in [-0.39, 0.29) is 11.7 Å². The van der Waals surface area contributed by atoms with Crippen LogP contribution >= 0.6 is 11.8 Å². The normalized spacial score (nSPS) is 10.4. The van der Waals surface area contributed by atoms with Crippen molar-refractivity contribution in [3.63, 3.8) is 0 Å². The van der Waals surface area contributed by atoms with Crippen LogP contribution in [0.5, 0.6) is 0 Å². The Balaban J connectivity index is 1.61. The van der Waals surface area contributed by atoms with Crippen LogP contribution in [0.1, 0.15) is 31.8 Å². The molecular formula is C23H21NO2S. The fourth-order valence-electron chi connectivity index (χ4n) is 2.54. The zero-order valence-corrected chi connectivity index (χ0v) is 16.2. The number of nitrogens with one attached hydrogen (secondary N) is 1. The first-order chi connectivity index (χ1) is 13.0. The number of carbonyl (C=O) groups is 2. The van der Waals surface area contributed by atoms with Gasteiger partial charge >= 0.3 is 0 Å². The molecule has 0 aromatic heterocycles. The van der Waals surface area contributed by atoms with Gasteiger partial charge in [0, 0.05) is 21.7 Å². The predicted molar refractivity (Wildman–Crippen MR) is 112 cm³/mol. The van der Waals surface area contributed by atoms with Crippen molar-refractivity contribution in [1.29, 1.82) is 0 Å². The average Bonchev–Trinajstić information content (AvgIpc) is 2.67. The Morgan fingerprint density at radius 2 is 1.41 bits per heavy atom. The molecule has 4 heteroatoms. The molecule has 136 valence electrons. The van der Waals surface area contributed by atoms with Gasteiger partial charge in [0.25, 0.3) is 5.91 Å². The fourth-order valence-corrected chi connectivity index (χ4v) is 3.39. The zero-order valence-electron chi connectivity index (χ0n) is 15.4. The molecule has 0 spiro atoms. The minimum Gasteiger partial charge on any atom is -0.322 e. The number of anilines is 1. The van der Waals surface area contributed by atoms with Gasteiger partial charge in [-0.05, 0) is 44.2 Å².